The Bertz CT molecular complexity index is 1940. The molecule has 0 spiro atoms. The second-order valence-electron chi connectivity index (χ2n) is 11.4. The van der Waals surface area contributed by atoms with E-state index in [1.54, 1.807) is 13.8 Å². The molecular weight excluding hydrogens is 600 g/mol. The van der Waals surface area contributed by atoms with Gasteiger partial charge in [-0.2, -0.15) is 0 Å². The van der Waals surface area contributed by atoms with Crippen molar-refractivity contribution in [1.29, 1.82) is 0 Å². The molecule has 46 heavy (non-hydrogen) atoms. The van der Waals surface area contributed by atoms with Crippen LogP contribution in [0, 0.1) is 11.6 Å². The number of nitrogens with one attached hydrogen (secondary N) is 1. The zero-order valence-electron chi connectivity index (χ0n) is 25.2. The summed E-state index contributed by atoms with van der Waals surface area (Å²) in [5.74, 6) is -2.06. The highest BCUT2D eigenvalue weighted by Crippen LogP contribution is 2.31. The lowest BCUT2D eigenvalue weighted by atomic mass is 10.1. The van der Waals surface area contributed by atoms with Crippen LogP contribution in [0.5, 0.6) is 11.6 Å². The van der Waals surface area contributed by atoms with E-state index in [1.165, 1.54) is 35.2 Å². The van der Waals surface area contributed by atoms with Crippen molar-refractivity contribution in [2.75, 3.05) is 31.5 Å². The molecular formula is C32H31F2N7O5. The van der Waals surface area contributed by atoms with E-state index in [0.29, 0.717) is 31.7 Å². The number of hydrogen-bond donors (Lipinski definition) is 1. The lowest BCUT2D eigenvalue weighted by molar-refractivity contribution is -0.136. The highest BCUT2D eigenvalue weighted by Gasteiger charge is 2.27. The van der Waals surface area contributed by atoms with Crippen LogP contribution >= 0.6 is 0 Å². The van der Waals surface area contributed by atoms with Crippen molar-refractivity contribution in [3.63, 3.8) is 0 Å². The van der Waals surface area contributed by atoms with Gasteiger partial charge in [-0.05, 0) is 63.1 Å². The maximum absolute atomic E-state index is 15.2. The summed E-state index contributed by atoms with van der Waals surface area (Å²) in [5, 5.41) is 2.51. The number of amides is 2. The molecule has 1 fully saturated rings. The number of halogens is 2. The number of ether oxygens (including phenoxy) is 1. The molecule has 0 bridgehead atoms. The van der Waals surface area contributed by atoms with E-state index >= 15 is 4.39 Å². The van der Waals surface area contributed by atoms with Crippen LogP contribution in [0.3, 0.4) is 0 Å². The van der Waals surface area contributed by atoms with Gasteiger partial charge in [0.2, 0.25) is 11.8 Å². The number of carbonyl (C=O) groups is 2. The average Bonchev–Trinajstić information content (AvgIpc) is 2.98. The molecule has 4 heterocycles. The SMILES string of the molecule is CC(C)n1cc(C(=O)Nc2ccc(Oc3ncnc4c3CCN(CC(=O)N3CCC3)C4)c(F)c2)c(=O)n(-c2ccc(F)cc2)c1=O. The molecule has 4 aromatic rings. The molecule has 14 heteroatoms. The van der Waals surface area contributed by atoms with Crippen molar-refractivity contribution in [2.24, 2.45) is 0 Å². The summed E-state index contributed by atoms with van der Waals surface area (Å²) >= 11 is 0. The van der Waals surface area contributed by atoms with Crippen molar-refractivity contribution < 1.29 is 23.1 Å². The molecule has 12 nitrogen and oxygen atoms in total. The lowest BCUT2D eigenvalue weighted by Gasteiger charge is -2.34. The van der Waals surface area contributed by atoms with E-state index < -0.39 is 34.8 Å². The maximum atomic E-state index is 15.2. The quantitative estimate of drug-likeness (QED) is 0.314. The van der Waals surface area contributed by atoms with Gasteiger partial charge in [-0.25, -0.2) is 28.1 Å². The van der Waals surface area contributed by atoms with Gasteiger partial charge >= 0.3 is 5.69 Å². The molecule has 0 aliphatic carbocycles. The van der Waals surface area contributed by atoms with Crippen molar-refractivity contribution >= 4 is 17.5 Å². The first-order valence-corrected chi connectivity index (χ1v) is 14.8. The number of anilines is 1. The van der Waals surface area contributed by atoms with Gasteiger partial charge in [-0.3, -0.25) is 23.9 Å². The van der Waals surface area contributed by atoms with Gasteiger partial charge in [0.15, 0.2) is 11.6 Å². The van der Waals surface area contributed by atoms with E-state index in [0.717, 1.165) is 54.0 Å². The number of nitrogens with zero attached hydrogens (tertiary/aromatic N) is 6. The highest BCUT2D eigenvalue weighted by molar-refractivity contribution is 6.03. The third kappa shape index (κ3) is 6.15. The molecule has 0 unspecified atom stereocenters. The van der Waals surface area contributed by atoms with Crippen molar-refractivity contribution in [1.82, 2.24) is 28.9 Å². The predicted molar refractivity (Wildman–Crippen MR) is 163 cm³/mol. The van der Waals surface area contributed by atoms with Gasteiger partial charge < -0.3 is 15.0 Å². The minimum absolute atomic E-state index is 0.0390. The van der Waals surface area contributed by atoms with Crippen molar-refractivity contribution in [2.45, 2.75) is 39.3 Å². The fourth-order valence-electron chi connectivity index (χ4n) is 5.34. The largest absolute Gasteiger partial charge is 0.436 e. The molecule has 2 aromatic carbocycles. The van der Waals surface area contributed by atoms with Crippen LogP contribution in [0.4, 0.5) is 14.5 Å². The lowest BCUT2D eigenvalue weighted by Crippen LogP contribution is -2.48. The fourth-order valence-corrected chi connectivity index (χ4v) is 5.34. The summed E-state index contributed by atoms with van der Waals surface area (Å²) in [6.07, 6.45) is 4.03. The number of rotatable bonds is 8. The second-order valence-corrected chi connectivity index (χ2v) is 11.4. The van der Waals surface area contributed by atoms with E-state index in [-0.39, 0.29) is 34.5 Å². The molecule has 6 rings (SSSR count). The van der Waals surface area contributed by atoms with E-state index in [1.807, 2.05) is 9.80 Å². The zero-order valence-corrected chi connectivity index (χ0v) is 25.2. The van der Waals surface area contributed by atoms with Gasteiger partial charge in [0.25, 0.3) is 11.5 Å². The van der Waals surface area contributed by atoms with Crippen LogP contribution < -0.4 is 21.3 Å². The summed E-state index contributed by atoms with van der Waals surface area (Å²) in [4.78, 5) is 64.4. The summed E-state index contributed by atoms with van der Waals surface area (Å²) in [6, 6.07) is 8.09. The molecule has 2 amide bonds. The third-order valence-electron chi connectivity index (χ3n) is 8.01. The Morgan fingerprint density at radius 1 is 1.02 bits per heavy atom. The van der Waals surface area contributed by atoms with Gasteiger partial charge in [0, 0.05) is 55.7 Å². The Kier molecular flexibility index (Phi) is 8.45. The first kappa shape index (κ1) is 30.8. The molecule has 1 N–H and O–H groups in total. The topological polar surface area (TPSA) is 132 Å². The number of likely N-dealkylation sites (tertiary alicyclic amines) is 1. The second kappa shape index (κ2) is 12.6. The van der Waals surface area contributed by atoms with E-state index in [9.17, 15) is 23.6 Å². The number of hydrogen-bond acceptors (Lipinski definition) is 8. The van der Waals surface area contributed by atoms with Crippen LogP contribution in [0.2, 0.25) is 0 Å². The molecule has 2 aromatic heterocycles. The van der Waals surface area contributed by atoms with Gasteiger partial charge in [0.1, 0.15) is 17.7 Å². The smallest absolute Gasteiger partial charge is 0.335 e. The molecule has 0 radical (unpaired) electrons. The Morgan fingerprint density at radius 2 is 1.78 bits per heavy atom. The zero-order chi connectivity index (χ0) is 32.5. The third-order valence-corrected chi connectivity index (χ3v) is 8.01. The first-order chi connectivity index (χ1) is 22.1. The highest BCUT2D eigenvalue weighted by atomic mass is 19.1. The molecule has 238 valence electrons. The summed E-state index contributed by atoms with van der Waals surface area (Å²) in [6.45, 7) is 6.33. The number of aromatic nitrogens is 4. The van der Waals surface area contributed by atoms with Gasteiger partial charge in [-0.15, -0.1) is 0 Å². The first-order valence-electron chi connectivity index (χ1n) is 14.8. The Balaban J connectivity index is 1.19. The standard InChI is InChI=1S/C32H31F2N7O5/c1-19(2)40-15-24(31(44)41(32(40)45)22-7-4-20(33)5-8-22)29(43)37-21-6-9-27(25(34)14-21)46-30-23-10-13-38(16-26(23)35-18-36-30)17-28(42)39-11-3-12-39/h4-9,14-15,18-19H,3,10-13,16-17H2,1-2H3,(H,37,43). The van der Waals surface area contributed by atoms with Crippen LogP contribution in [-0.2, 0) is 17.8 Å². The molecule has 0 atom stereocenters. The Labute approximate surface area is 261 Å². The monoisotopic (exact) mass is 631 g/mol. The van der Waals surface area contributed by atoms with Crippen LogP contribution in [-0.4, -0.2) is 66.9 Å². The Morgan fingerprint density at radius 3 is 2.46 bits per heavy atom. The summed E-state index contributed by atoms with van der Waals surface area (Å²) < 4.78 is 36.6. The average molecular weight is 632 g/mol. The minimum Gasteiger partial charge on any atom is -0.436 e. The fraction of sp³-hybridized carbons (Fsp3) is 0.312. The van der Waals surface area contributed by atoms with E-state index in [4.69, 9.17) is 4.74 Å². The molecule has 2 aliphatic rings. The number of fused-ring (bicyclic) bond motifs is 1. The maximum Gasteiger partial charge on any atom is 0.335 e. The summed E-state index contributed by atoms with van der Waals surface area (Å²) in [5.41, 5.74) is -0.425. The Hall–Kier alpha value is -5.24. The van der Waals surface area contributed by atoms with Crippen molar-refractivity contribution in [3.8, 4) is 17.3 Å². The molecule has 1 saturated heterocycles. The summed E-state index contributed by atoms with van der Waals surface area (Å²) in [7, 11) is 0. The van der Waals surface area contributed by atoms with E-state index in [2.05, 4.69) is 15.3 Å². The minimum atomic E-state index is -0.913. The van der Waals surface area contributed by atoms with Crippen LogP contribution in [0.1, 0.15) is 47.9 Å². The van der Waals surface area contributed by atoms with Crippen molar-refractivity contribution in [3.05, 3.63) is 104 Å². The normalized spacial score (nSPS) is 14.5. The predicted octanol–water partition coefficient (Wildman–Crippen LogP) is 3.28. The molecule has 0 saturated carbocycles. The van der Waals surface area contributed by atoms with Crippen LogP contribution in [0.25, 0.3) is 5.69 Å². The molecule has 2 aliphatic heterocycles. The van der Waals surface area contributed by atoms with Gasteiger partial charge in [-0.1, -0.05) is 0 Å². The van der Waals surface area contributed by atoms with Crippen LogP contribution in [0.15, 0.2) is 64.6 Å². The number of benzene rings is 2. The number of carbonyl (C=O) groups excluding carboxylic acids is 2. The van der Waals surface area contributed by atoms with Gasteiger partial charge in [0.05, 0.1) is 17.9 Å².